The smallest absolute Gasteiger partial charge is 0.213 e. The number of H-pyrrole nitrogens is 2. The van der Waals surface area contributed by atoms with Gasteiger partial charge >= 0.3 is 0 Å². The van der Waals surface area contributed by atoms with Crippen molar-refractivity contribution in [1.29, 1.82) is 0 Å². The van der Waals surface area contributed by atoms with E-state index in [1.165, 1.54) is 0 Å². The molecule has 2 N–H and O–H groups in total. The van der Waals surface area contributed by atoms with Crippen LogP contribution in [0.15, 0.2) is 18.2 Å². The molecule has 5 nitrogen and oxygen atoms in total. The lowest BCUT2D eigenvalue weighted by molar-refractivity contribution is 0.311. The van der Waals surface area contributed by atoms with E-state index in [1.807, 2.05) is 37.3 Å². The van der Waals surface area contributed by atoms with E-state index < -0.39 is 0 Å². The Bertz CT molecular complexity index is 631. The fourth-order valence-electron chi connectivity index (χ4n) is 1.60. The van der Waals surface area contributed by atoms with Crippen LogP contribution in [0.2, 0.25) is 0 Å². The minimum absolute atomic E-state index is 0.434. The third-order valence-electron chi connectivity index (χ3n) is 2.44. The van der Waals surface area contributed by atoms with Gasteiger partial charge in [0.05, 0.1) is 13.7 Å². The molecule has 1 aromatic heterocycles. The maximum Gasteiger partial charge on any atom is 0.213 e. The van der Waals surface area contributed by atoms with Crippen molar-refractivity contribution < 1.29 is 9.47 Å². The van der Waals surface area contributed by atoms with Gasteiger partial charge in [-0.25, -0.2) is 4.98 Å². The van der Waals surface area contributed by atoms with Crippen LogP contribution in [0.25, 0.3) is 12.2 Å². The highest BCUT2D eigenvalue weighted by Crippen LogP contribution is 2.28. The molecule has 6 heteroatoms. The first-order valence-electron chi connectivity index (χ1n) is 5.86. The van der Waals surface area contributed by atoms with Gasteiger partial charge in [0.1, 0.15) is 5.82 Å². The highest BCUT2D eigenvalue weighted by molar-refractivity contribution is 7.71. The molecule has 0 amide bonds. The average Bonchev–Trinajstić information content (AvgIpc) is 2.83. The van der Waals surface area contributed by atoms with Gasteiger partial charge in [-0.3, -0.25) is 10.2 Å². The molecule has 0 saturated carbocycles. The van der Waals surface area contributed by atoms with Crippen LogP contribution >= 0.6 is 12.2 Å². The number of nitrogens with one attached hydrogen (secondary N) is 2. The Labute approximate surface area is 116 Å². The molecule has 0 atom stereocenters. The summed E-state index contributed by atoms with van der Waals surface area (Å²) in [5.74, 6) is 2.12. The number of nitrogens with zero attached hydrogens (tertiary/aromatic N) is 1. The van der Waals surface area contributed by atoms with Crippen LogP contribution in [-0.4, -0.2) is 28.9 Å². The van der Waals surface area contributed by atoms with Crippen LogP contribution in [0.3, 0.4) is 0 Å². The van der Waals surface area contributed by atoms with Gasteiger partial charge in [-0.2, -0.15) is 0 Å². The van der Waals surface area contributed by atoms with E-state index in [0.717, 1.165) is 11.3 Å². The van der Waals surface area contributed by atoms with Crippen LogP contribution < -0.4 is 9.47 Å². The SMILES string of the molecule is CCOc1ccc(/C=C/c2nc(=S)[nH][nH]2)cc1OC. The van der Waals surface area contributed by atoms with E-state index >= 15 is 0 Å². The van der Waals surface area contributed by atoms with Crippen LogP contribution in [0, 0.1) is 4.77 Å². The number of benzene rings is 1. The minimum Gasteiger partial charge on any atom is -0.493 e. The zero-order valence-electron chi connectivity index (χ0n) is 10.8. The van der Waals surface area contributed by atoms with Gasteiger partial charge in [0, 0.05) is 0 Å². The Hall–Kier alpha value is -2.08. The molecule has 0 aliphatic rings. The molecule has 0 bridgehead atoms. The highest BCUT2D eigenvalue weighted by Gasteiger charge is 2.03. The molecule has 19 heavy (non-hydrogen) atoms. The summed E-state index contributed by atoms with van der Waals surface area (Å²) in [4.78, 5) is 4.08. The van der Waals surface area contributed by atoms with Gasteiger partial charge in [-0.1, -0.05) is 12.1 Å². The summed E-state index contributed by atoms with van der Waals surface area (Å²) >= 11 is 4.88. The van der Waals surface area contributed by atoms with Crippen molar-refractivity contribution in [2.45, 2.75) is 6.92 Å². The first-order valence-corrected chi connectivity index (χ1v) is 6.27. The fourth-order valence-corrected chi connectivity index (χ4v) is 1.75. The van der Waals surface area contributed by atoms with Crippen molar-refractivity contribution in [3.63, 3.8) is 0 Å². The normalized spacial score (nSPS) is 10.8. The summed E-state index contributed by atoms with van der Waals surface area (Å²) in [7, 11) is 1.62. The van der Waals surface area contributed by atoms with Crippen molar-refractivity contribution in [3.05, 3.63) is 34.4 Å². The van der Waals surface area contributed by atoms with Gasteiger partial charge in [0.25, 0.3) is 0 Å². The summed E-state index contributed by atoms with van der Waals surface area (Å²) in [6.07, 6.45) is 3.75. The minimum atomic E-state index is 0.434. The quantitative estimate of drug-likeness (QED) is 0.825. The maximum absolute atomic E-state index is 5.46. The monoisotopic (exact) mass is 277 g/mol. The molecule has 0 spiro atoms. The molecule has 100 valence electrons. The topological polar surface area (TPSA) is 62.9 Å². The van der Waals surface area contributed by atoms with Crippen molar-refractivity contribution >= 4 is 24.4 Å². The molecule has 1 heterocycles. The fraction of sp³-hybridized carbons (Fsp3) is 0.231. The van der Waals surface area contributed by atoms with Crippen molar-refractivity contribution in [2.24, 2.45) is 0 Å². The summed E-state index contributed by atoms with van der Waals surface area (Å²) in [5.41, 5.74) is 0.989. The highest BCUT2D eigenvalue weighted by atomic mass is 32.1. The van der Waals surface area contributed by atoms with Gasteiger partial charge in [0.15, 0.2) is 11.5 Å². The van der Waals surface area contributed by atoms with E-state index in [9.17, 15) is 0 Å². The van der Waals surface area contributed by atoms with Crippen molar-refractivity contribution in [1.82, 2.24) is 15.2 Å². The Morgan fingerprint density at radius 1 is 1.26 bits per heavy atom. The average molecular weight is 277 g/mol. The standard InChI is InChI=1S/C13H15N3O2S/c1-3-18-10-6-4-9(8-11(10)17-2)5-7-12-14-13(19)16-15-12/h4-8H,3H2,1-2H3,(H2,14,15,16,19)/b7-5+. The number of ether oxygens (including phenoxy) is 2. The number of aromatic nitrogens is 3. The molecule has 2 aromatic rings. The number of hydrogen-bond donors (Lipinski definition) is 2. The second kappa shape index (κ2) is 6.19. The zero-order valence-corrected chi connectivity index (χ0v) is 11.6. The zero-order chi connectivity index (χ0) is 13.7. The predicted molar refractivity (Wildman–Crippen MR) is 76.9 cm³/mol. The van der Waals surface area contributed by atoms with Crippen LogP contribution in [0.5, 0.6) is 11.5 Å². The van der Waals surface area contributed by atoms with E-state index in [1.54, 1.807) is 7.11 Å². The largest absolute Gasteiger partial charge is 0.493 e. The molecule has 2 rings (SSSR count). The third kappa shape index (κ3) is 3.45. The lowest BCUT2D eigenvalue weighted by atomic mass is 10.2. The number of aromatic amines is 2. The summed E-state index contributed by atoms with van der Waals surface area (Å²) < 4.78 is 11.2. The number of methoxy groups -OCH3 is 1. The molecule has 0 fully saturated rings. The molecule has 0 saturated heterocycles. The molecule has 1 aromatic carbocycles. The van der Waals surface area contributed by atoms with Crippen molar-refractivity contribution in [3.8, 4) is 11.5 Å². The summed E-state index contributed by atoms with van der Waals surface area (Å²) in [6, 6.07) is 5.74. The Kier molecular flexibility index (Phi) is 4.35. The van der Waals surface area contributed by atoms with Gasteiger partial charge < -0.3 is 9.47 Å². The summed E-state index contributed by atoms with van der Waals surface area (Å²) in [6.45, 7) is 2.54. The molecular formula is C13H15N3O2S. The van der Waals surface area contributed by atoms with Crippen molar-refractivity contribution in [2.75, 3.05) is 13.7 Å². The van der Waals surface area contributed by atoms with Crippen LogP contribution in [0.4, 0.5) is 0 Å². The molecule has 0 aliphatic heterocycles. The first kappa shape index (κ1) is 13.4. The van der Waals surface area contributed by atoms with Gasteiger partial charge in [-0.15, -0.1) is 0 Å². The van der Waals surface area contributed by atoms with E-state index in [4.69, 9.17) is 21.7 Å². The van der Waals surface area contributed by atoms with Crippen LogP contribution in [-0.2, 0) is 0 Å². The second-order valence-corrected chi connectivity index (χ2v) is 4.12. The predicted octanol–water partition coefficient (Wildman–Crippen LogP) is 3.04. The molecule has 0 unspecified atom stereocenters. The Balaban J connectivity index is 2.21. The van der Waals surface area contributed by atoms with E-state index in [0.29, 0.717) is 23.0 Å². The Morgan fingerprint density at radius 3 is 2.74 bits per heavy atom. The van der Waals surface area contributed by atoms with E-state index in [2.05, 4.69) is 15.2 Å². The summed E-state index contributed by atoms with van der Waals surface area (Å²) in [5, 5.41) is 5.59. The molecule has 0 radical (unpaired) electrons. The molecule has 0 aliphatic carbocycles. The van der Waals surface area contributed by atoms with E-state index in [-0.39, 0.29) is 0 Å². The molecular weight excluding hydrogens is 262 g/mol. The lowest BCUT2D eigenvalue weighted by Crippen LogP contribution is -1.95. The first-order chi connectivity index (χ1) is 9.22. The lowest BCUT2D eigenvalue weighted by Gasteiger charge is -2.09. The second-order valence-electron chi connectivity index (χ2n) is 3.73. The maximum atomic E-state index is 5.46. The van der Waals surface area contributed by atoms with Gasteiger partial charge in [0.2, 0.25) is 4.77 Å². The number of hydrogen-bond acceptors (Lipinski definition) is 4. The number of rotatable bonds is 5. The van der Waals surface area contributed by atoms with Crippen LogP contribution in [0.1, 0.15) is 18.3 Å². The van der Waals surface area contributed by atoms with Gasteiger partial charge in [-0.05, 0) is 42.9 Å². The Morgan fingerprint density at radius 2 is 2.11 bits per heavy atom. The third-order valence-corrected chi connectivity index (χ3v) is 2.63.